The Morgan fingerprint density at radius 3 is 2.55 bits per heavy atom. The van der Waals surface area contributed by atoms with Crippen LogP contribution in [0.5, 0.6) is 0 Å². The fourth-order valence-corrected chi connectivity index (χ4v) is 6.03. The third-order valence-corrected chi connectivity index (χ3v) is 7.66. The minimum atomic E-state index is -0.128. The van der Waals surface area contributed by atoms with Crippen molar-refractivity contribution in [2.75, 3.05) is 0 Å². The molecule has 0 saturated heterocycles. The first-order chi connectivity index (χ1) is 10.3. The van der Waals surface area contributed by atoms with Crippen LogP contribution < -0.4 is 0 Å². The molecule has 22 heavy (non-hydrogen) atoms. The maximum atomic E-state index is 12.3. The van der Waals surface area contributed by atoms with E-state index in [-0.39, 0.29) is 16.6 Å². The highest BCUT2D eigenvalue weighted by Crippen LogP contribution is 2.66. The number of carbonyl (C=O) groups is 1. The fourth-order valence-electron chi connectivity index (χ4n) is 6.03. The van der Waals surface area contributed by atoms with Crippen LogP contribution in [0.3, 0.4) is 0 Å². The number of hydrogen-bond donors (Lipinski definition) is 1. The van der Waals surface area contributed by atoms with Crippen LogP contribution >= 0.6 is 0 Å². The van der Waals surface area contributed by atoms with Gasteiger partial charge in [0, 0.05) is 17.4 Å². The third kappa shape index (κ3) is 2.02. The van der Waals surface area contributed by atoms with Gasteiger partial charge >= 0.3 is 0 Å². The first kappa shape index (κ1) is 15.8. The summed E-state index contributed by atoms with van der Waals surface area (Å²) < 4.78 is 0. The van der Waals surface area contributed by atoms with E-state index < -0.39 is 0 Å². The van der Waals surface area contributed by atoms with Gasteiger partial charge < -0.3 is 5.11 Å². The quantitative estimate of drug-likeness (QED) is 0.410. The summed E-state index contributed by atoms with van der Waals surface area (Å²) in [7, 11) is 0. The Hall–Kier alpha value is -1.05. The van der Waals surface area contributed by atoms with Gasteiger partial charge in [-0.3, -0.25) is 4.79 Å². The Labute approximate surface area is 134 Å². The van der Waals surface area contributed by atoms with Crippen molar-refractivity contribution in [2.45, 2.75) is 65.7 Å². The standard InChI is InChI=1S/C20H30O2/c1-5-18(2)10-11-19(3)14(12-18)8-9-20(4)15(13-21)16(22)6-7-17(19)20/h5,13-14,17,21H,1,6-12H2,2-4H3/b15-13+/t14-,17+,18-,19-,20+/m1/s1. The van der Waals surface area contributed by atoms with Crippen LogP contribution in [0, 0.1) is 28.1 Å². The van der Waals surface area contributed by atoms with E-state index in [0.717, 1.165) is 31.4 Å². The topological polar surface area (TPSA) is 37.3 Å². The highest BCUT2D eigenvalue weighted by Gasteiger charge is 2.59. The number of ketones is 1. The van der Waals surface area contributed by atoms with E-state index in [4.69, 9.17) is 0 Å². The molecule has 2 heteroatoms. The Balaban J connectivity index is 1.97. The van der Waals surface area contributed by atoms with Gasteiger partial charge in [-0.25, -0.2) is 0 Å². The molecule has 0 unspecified atom stereocenters. The molecular formula is C20H30O2. The molecule has 5 atom stereocenters. The number of carbonyl (C=O) groups excluding carboxylic acids is 1. The first-order valence-electron chi connectivity index (χ1n) is 8.81. The second-order valence-electron chi connectivity index (χ2n) is 8.78. The normalized spacial score (nSPS) is 50.3. The molecule has 0 amide bonds. The van der Waals surface area contributed by atoms with Crippen molar-refractivity contribution in [3.8, 4) is 0 Å². The predicted octanol–water partition coefficient (Wildman–Crippen LogP) is 5.21. The van der Waals surface area contributed by atoms with Gasteiger partial charge in [0.15, 0.2) is 5.78 Å². The number of Topliss-reactive ketones (excluding diaryl/α,β-unsaturated/α-hetero) is 1. The molecular weight excluding hydrogens is 272 g/mol. The van der Waals surface area contributed by atoms with Crippen molar-refractivity contribution in [3.63, 3.8) is 0 Å². The molecule has 0 heterocycles. The van der Waals surface area contributed by atoms with E-state index >= 15 is 0 Å². The summed E-state index contributed by atoms with van der Waals surface area (Å²) >= 11 is 0. The van der Waals surface area contributed by atoms with Crippen molar-refractivity contribution in [2.24, 2.45) is 28.1 Å². The summed E-state index contributed by atoms with van der Waals surface area (Å²) in [5.74, 6) is 1.40. The van der Waals surface area contributed by atoms with Crippen molar-refractivity contribution in [3.05, 3.63) is 24.5 Å². The Morgan fingerprint density at radius 2 is 1.91 bits per heavy atom. The van der Waals surface area contributed by atoms with Gasteiger partial charge in [0.1, 0.15) is 0 Å². The summed E-state index contributed by atoms with van der Waals surface area (Å²) in [6.07, 6.45) is 10.7. The lowest BCUT2D eigenvalue weighted by molar-refractivity contribution is -0.131. The molecule has 1 N–H and O–H groups in total. The van der Waals surface area contributed by atoms with Crippen LogP contribution in [-0.2, 0) is 4.79 Å². The fraction of sp³-hybridized carbons (Fsp3) is 0.750. The SMILES string of the molecule is C=C[C@]1(C)CC[C@]2(C)[C@H](CC[C@@]3(C)/C(=C/O)C(=O)CC[C@@H]23)C1. The van der Waals surface area contributed by atoms with Crippen LogP contribution in [-0.4, -0.2) is 10.9 Å². The molecule has 0 aliphatic heterocycles. The van der Waals surface area contributed by atoms with Gasteiger partial charge in [-0.05, 0) is 61.2 Å². The summed E-state index contributed by atoms with van der Waals surface area (Å²) in [5, 5.41) is 9.67. The molecule has 3 fully saturated rings. The largest absolute Gasteiger partial charge is 0.515 e. The van der Waals surface area contributed by atoms with Gasteiger partial charge in [-0.15, -0.1) is 6.58 Å². The molecule has 3 aliphatic carbocycles. The Bertz CT molecular complexity index is 534. The molecule has 3 rings (SSSR count). The summed E-state index contributed by atoms with van der Waals surface area (Å²) in [5.41, 5.74) is 1.14. The van der Waals surface area contributed by atoms with Crippen molar-refractivity contribution in [1.29, 1.82) is 0 Å². The number of aliphatic hydroxyl groups is 1. The molecule has 3 aliphatic rings. The van der Waals surface area contributed by atoms with Gasteiger partial charge in [0.25, 0.3) is 0 Å². The van der Waals surface area contributed by atoms with Crippen LogP contribution in [0.1, 0.15) is 65.7 Å². The molecule has 0 aromatic heterocycles. The predicted molar refractivity (Wildman–Crippen MR) is 89.5 cm³/mol. The second-order valence-corrected chi connectivity index (χ2v) is 8.78. The zero-order valence-corrected chi connectivity index (χ0v) is 14.3. The van der Waals surface area contributed by atoms with Crippen LogP contribution in [0.4, 0.5) is 0 Å². The molecule has 0 bridgehead atoms. The average Bonchev–Trinajstić information content (AvgIpc) is 2.48. The maximum Gasteiger partial charge on any atom is 0.162 e. The number of allylic oxidation sites excluding steroid dienone is 2. The van der Waals surface area contributed by atoms with E-state index in [1.165, 1.54) is 19.3 Å². The molecule has 0 aromatic rings. The van der Waals surface area contributed by atoms with E-state index in [1.807, 2.05) is 0 Å². The number of rotatable bonds is 1. The summed E-state index contributed by atoms with van der Waals surface area (Å²) in [6, 6.07) is 0. The van der Waals surface area contributed by atoms with Crippen LogP contribution in [0.25, 0.3) is 0 Å². The van der Waals surface area contributed by atoms with Gasteiger partial charge in [-0.2, -0.15) is 0 Å². The smallest absolute Gasteiger partial charge is 0.162 e. The van der Waals surface area contributed by atoms with Crippen LogP contribution in [0.15, 0.2) is 24.5 Å². The Kier molecular flexibility index (Phi) is 3.58. The monoisotopic (exact) mass is 302 g/mol. The minimum absolute atomic E-state index is 0.128. The lowest BCUT2D eigenvalue weighted by Crippen LogP contribution is -2.55. The molecule has 2 nitrogen and oxygen atoms in total. The second kappa shape index (κ2) is 4.97. The summed E-state index contributed by atoms with van der Waals surface area (Å²) in [4.78, 5) is 12.3. The van der Waals surface area contributed by atoms with E-state index in [2.05, 4.69) is 33.4 Å². The third-order valence-electron chi connectivity index (χ3n) is 7.66. The van der Waals surface area contributed by atoms with Crippen molar-refractivity contribution >= 4 is 5.78 Å². The highest BCUT2D eigenvalue weighted by atomic mass is 16.2. The first-order valence-corrected chi connectivity index (χ1v) is 8.81. The molecule has 0 spiro atoms. The van der Waals surface area contributed by atoms with Crippen molar-refractivity contribution in [1.82, 2.24) is 0 Å². The number of hydrogen-bond acceptors (Lipinski definition) is 2. The van der Waals surface area contributed by atoms with Crippen LogP contribution in [0.2, 0.25) is 0 Å². The van der Waals surface area contributed by atoms with Gasteiger partial charge in [-0.1, -0.05) is 26.8 Å². The van der Waals surface area contributed by atoms with Crippen molar-refractivity contribution < 1.29 is 9.90 Å². The number of fused-ring (bicyclic) bond motifs is 3. The average molecular weight is 302 g/mol. The lowest BCUT2D eigenvalue weighted by Gasteiger charge is -2.62. The van der Waals surface area contributed by atoms with Gasteiger partial charge in [0.2, 0.25) is 0 Å². The summed E-state index contributed by atoms with van der Waals surface area (Å²) in [6.45, 7) is 11.1. The molecule has 122 valence electrons. The zero-order chi connectivity index (χ0) is 16.2. The van der Waals surface area contributed by atoms with E-state index in [9.17, 15) is 9.90 Å². The lowest BCUT2D eigenvalue weighted by atomic mass is 9.42. The maximum absolute atomic E-state index is 12.3. The highest BCUT2D eigenvalue weighted by molar-refractivity contribution is 5.97. The minimum Gasteiger partial charge on any atom is -0.515 e. The Morgan fingerprint density at radius 1 is 1.18 bits per heavy atom. The molecule has 3 saturated carbocycles. The zero-order valence-electron chi connectivity index (χ0n) is 14.3. The molecule has 0 radical (unpaired) electrons. The van der Waals surface area contributed by atoms with E-state index in [0.29, 0.717) is 23.3 Å². The van der Waals surface area contributed by atoms with Gasteiger partial charge in [0.05, 0.1) is 6.26 Å². The van der Waals surface area contributed by atoms with E-state index in [1.54, 1.807) is 0 Å². The molecule has 0 aromatic carbocycles. The number of aliphatic hydroxyl groups excluding tert-OH is 1.